The van der Waals surface area contributed by atoms with E-state index in [0.29, 0.717) is 16.3 Å². The summed E-state index contributed by atoms with van der Waals surface area (Å²) in [6.45, 7) is 8.40. The van der Waals surface area contributed by atoms with Crippen LogP contribution in [-0.2, 0) is 9.53 Å². The third-order valence-corrected chi connectivity index (χ3v) is 5.39. The van der Waals surface area contributed by atoms with Gasteiger partial charge in [0.05, 0.1) is 11.7 Å². The summed E-state index contributed by atoms with van der Waals surface area (Å²) >= 11 is 6.87. The van der Waals surface area contributed by atoms with Gasteiger partial charge in [-0.3, -0.25) is 9.59 Å². The second kappa shape index (κ2) is 9.28. The molecule has 0 aliphatic rings. The molecular formula is C20H23ClN2O5S. The zero-order valence-corrected chi connectivity index (χ0v) is 18.4. The van der Waals surface area contributed by atoms with E-state index in [4.69, 9.17) is 26.8 Å². The summed E-state index contributed by atoms with van der Waals surface area (Å²) in [5.41, 5.74) is 6.68. The van der Waals surface area contributed by atoms with Crippen LogP contribution in [0.4, 0.5) is 5.00 Å². The van der Waals surface area contributed by atoms with Crippen molar-refractivity contribution in [2.24, 2.45) is 5.73 Å². The van der Waals surface area contributed by atoms with Gasteiger partial charge < -0.3 is 20.5 Å². The average Bonchev–Trinajstić information content (AvgIpc) is 2.93. The minimum Gasteiger partial charge on any atom is -0.481 e. The van der Waals surface area contributed by atoms with Crippen molar-refractivity contribution in [1.82, 2.24) is 0 Å². The Morgan fingerprint density at radius 1 is 1.17 bits per heavy atom. The molecule has 0 aliphatic heterocycles. The molecule has 0 spiro atoms. The summed E-state index contributed by atoms with van der Waals surface area (Å²) in [4.78, 5) is 37.0. The van der Waals surface area contributed by atoms with Crippen LogP contribution in [0.5, 0.6) is 5.75 Å². The molecule has 2 aromatic rings. The molecule has 0 aliphatic carbocycles. The normalized spacial score (nSPS) is 11.8. The number of hydrogen-bond donors (Lipinski definition) is 2. The van der Waals surface area contributed by atoms with Crippen LogP contribution in [0, 0.1) is 13.8 Å². The Hall–Kier alpha value is -2.58. The van der Waals surface area contributed by atoms with Crippen LogP contribution in [0.1, 0.15) is 51.9 Å². The molecule has 1 aromatic heterocycles. The second-order valence-electron chi connectivity index (χ2n) is 6.74. The van der Waals surface area contributed by atoms with E-state index >= 15 is 0 Å². The number of benzene rings is 1. The van der Waals surface area contributed by atoms with Crippen LogP contribution >= 0.6 is 22.9 Å². The molecule has 9 heteroatoms. The maximum absolute atomic E-state index is 12.6. The van der Waals surface area contributed by atoms with E-state index in [2.05, 4.69) is 5.32 Å². The summed E-state index contributed by atoms with van der Waals surface area (Å²) in [6.07, 6.45) is -1.20. The molecule has 0 radical (unpaired) electrons. The molecule has 7 nitrogen and oxygen atoms in total. The van der Waals surface area contributed by atoms with E-state index in [1.165, 1.54) is 0 Å². The monoisotopic (exact) mass is 438 g/mol. The number of ether oxygens (including phenoxy) is 2. The largest absolute Gasteiger partial charge is 0.481 e. The van der Waals surface area contributed by atoms with E-state index in [1.54, 1.807) is 45.9 Å². The van der Waals surface area contributed by atoms with Gasteiger partial charge in [-0.05, 0) is 63.9 Å². The van der Waals surface area contributed by atoms with Crippen LogP contribution in [0.15, 0.2) is 18.2 Å². The van der Waals surface area contributed by atoms with Crippen LogP contribution < -0.4 is 15.8 Å². The molecule has 2 amide bonds. The van der Waals surface area contributed by atoms with Gasteiger partial charge in [-0.1, -0.05) is 11.6 Å². The van der Waals surface area contributed by atoms with Crippen molar-refractivity contribution in [2.75, 3.05) is 5.32 Å². The molecule has 1 atom stereocenters. The molecule has 0 unspecified atom stereocenters. The number of aryl methyl sites for hydroxylation is 1. The first kappa shape index (κ1) is 22.7. The number of rotatable bonds is 7. The average molecular weight is 439 g/mol. The van der Waals surface area contributed by atoms with Gasteiger partial charge in [-0.2, -0.15) is 0 Å². The van der Waals surface area contributed by atoms with Crippen LogP contribution in [0.2, 0.25) is 5.02 Å². The highest BCUT2D eigenvalue weighted by molar-refractivity contribution is 7.18. The summed E-state index contributed by atoms with van der Waals surface area (Å²) in [5.74, 6) is -1.31. The van der Waals surface area contributed by atoms with E-state index < -0.39 is 23.9 Å². The quantitative estimate of drug-likeness (QED) is 0.633. The van der Waals surface area contributed by atoms with Gasteiger partial charge in [0.2, 0.25) is 0 Å². The number of nitrogens with two attached hydrogens (primary N) is 1. The SMILES string of the molecule is Cc1cc(Cl)ccc1O[C@@H](C)C(=O)Nc1sc(C(=O)OC(C)C)c(C)c1C(N)=O. The molecule has 2 rings (SSSR count). The van der Waals surface area contributed by atoms with Gasteiger partial charge in [0.25, 0.3) is 11.8 Å². The maximum Gasteiger partial charge on any atom is 0.348 e. The molecule has 0 fully saturated rings. The van der Waals surface area contributed by atoms with Crippen molar-refractivity contribution in [3.63, 3.8) is 0 Å². The van der Waals surface area contributed by atoms with Crippen molar-refractivity contribution in [3.8, 4) is 5.75 Å². The number of halogens is 1. The minimum absolute atomic E-state index is 0.0777. The van der Waals surface area contributed by atoms with Crippen molar-refractivity contribution in [2.45, 2.75) is 46.8 Å². The van der Waals surface area contributed by atoms with E-state index in [1.807, 2.05) is 6.92 Å². The van der Waals surface area contributed by atoms with Crippen LogP contribution in [0.3, 0.4) is 0 Å². The van der Waals surface area contributed by atoms with Crippen LogP contribution in [-0.4, -0.2) is 30.0 Å². The summed E-state index contributed by atoms with van der Waals surface area (Å²) in [7, 11) is 0. The fourth-order valence-corrected chi connectivity index (χ4v) is 3.89. The first-order valence-electron chi connectivity index (χ1n) is 8.89. The van der Waals surface area contributed by atoms with Gasteiger partial charge in [-0.15, -0.1) is 11.3 Å². The molecule has 0 bridgehead atoms. The number of hydrogen-bond acceptors (Lipinski definition) is 6. The lowest BCUT2D eigenvalue weighted by atomic mass is 10.1. The topological polar surface area (TPSA) is 108 Å². The van der Waals surface area contributed by atoms with Gasteiger partial charge in [0.15, 0.2) is 6.10 Å². The molecule has 0 saturated carbocycles. The first-order chi connectivity index (χ1) is 13.5. The van der Waals surface area contributed by atoms with Crippen molar-refractivity contribution < 1.29 is 23.9 Å². The smallest absolute Gasteiger partial charge is 0.348 e. The minimum atomic E-state index is -0.871. The number of amides is 2. The van der Waals surface area contributed by atoms with Crippen LogP contribution in [0.25, 0.3) is 0 Å². The highest BCUT2D eigenvalue weighted by Crippen LogP contribution is 2.34. The fraction of sp³-hybridized carbons (Fsp3) is 0.350. The number of carbonyl (C=O) groups is 3. The summed E-state index contributed by atoms with van der Waals surface area (Å²) in [6, 6.07) is 5.06. The highest BCUT2D eigenvalue weighted by atomic mass is 35.5. The Morgan fingerprint density at radius 2 is 1.83 bits per heavy atom. The molecular weight excluding hydrogens is 416 g/mol. The Morgan fingerprint density at radius 3 is 2.38 bits per heavy atom. The van der Waals surface area contributed by atoms with Gasteiger partial charge in [0, 0.05) is 5.02 Å². The zero-order chi connectivity index (χ0) is 21.9. The highest BCUT2D eigenvalue weighted by Gasteiger charge is 2.27. The second-order valence-corrected chi connectivity index (χ2v) is 8.19. The molecule has 156 valence electrons. The number of anilines is 1. The standard InChI is InChI=1S/C20H23ClN2O5S/c1-9(2)27-20(26)16-11(4)15(17(22)24)19(29-16)23-18(25)12(5)28-14-7-6-13(21)8-10(14)3/h6-9,12H,1-5H3,(H2,22,24)(H,23,25)/t12-/m0/s1. The van der Waals surface area contributed by atoms with E-state index in [0.717, 1.165) is 16.9 Å². The molecule has 29 heavy (non-hydrogen) atoms. The molecule has 0 saturated heterocycles. The fourth-order valence-electron chi connectivity index (χ4n) is 2.56. The molecule has 1 heterocycles. The Balaban J connectivity index is 2.24. The van der Waals surface area contributed by atoms with Gasteiger partial charge >= 0.3 is 5.97 Å². The van der Waals surface area contributed by atoms with Crippen molar-refractivity contribution in [1.29, 1.82) is 0 Å². The third kappa shape index (κ3) is 5.48. The Labute approximate surface area is 178 Å². The third-order valence-electron chi connectivity index (χ3n) is 3.97. The van der Waals surface area contributed by atoms with Crippen molar-refractivity contribution in [3.05, 3.63) is 44.8 Å². The van der Waals surface area contributed by atoms with Gasteiger partial charge in [0.1, 0.15) is 15.6 Å². The number of thiophene rings is 1. The van der Waals surface area contributed by atoms with E-state index in [-0.39, 0.29) is 21.5 Å². The number of primary amides is 1. The lowest BCUT2D eigenvalue weighted by Crippen LogP contribution is -2.30. The van der Waals surface area contributed by atoms with E-state index in [9.17, 15) is 14.4 Å². The van der Waals surface area contributed by atoms with Crippen molar-refractivity contribution >= 4 is 45.7 Å². The molecule has 1 aromatic carbocycles. The lowest BCUT2D eigenvalue weighted by molar-refractivity contribution is -0.122. The summed E-state index contributed by atoms with van der Waals surface area (Å²) in [5, 5.41) is 3.37. The van der Waals surface area contributed by atoms with Gasteiger partial charge in [-0.25, -0.2) is 4.79 Å². The molecule has 3 N–H and O–H groups in total. The summed E-state index contributed by atoms with van der Waals surface area (Å²) < 4.78 is 10.9. The Bertz CT molecular complexity index is 955. The predicted molar refractivity (Wildman–Crippen MR) is 113 cm³/mol. The zero-order valence-electron chi connectivity index (χ0n) is 16.8. The first-order valence-corrected chi connectivity index (χ1v) is 10.1. The number of carbonyl (C=O) groups excluding carboxylic acids is 3. The number of esters is 1. The predicted octanol–water partition coefficient (Wildman–Crippen LogP) is 4.09. The maximum atomic E-state index is 12.6. The lowest BCUT2D eigenvalue weighted by Gasteiger charge is -2.16. The number of nitrogens with one attached hydrogen (secondary N) is 1. The Kier molecular flexibility index (Phi) is 7.26.